The van der Waals surface area contributed by atoms with Gasteiger partial charge >= 0.3 is 12.1 Å². The Kier molecular flexibility index (Phi) is 18.2. The van der Waals surface area contributed by atoms with Gasteiger partial charge in [0.25, 0.3) is 11.8 Å². The molecule has 414 valence electrons. The molecule has 0 bridgehead atoms. The van der Waals surface area contributed by atoms with Crippen LogP contribution < -0.4 is 16.8 Å². The van der Waals surface area contributed by atoms with E-state index in [-0.39, 0.29) is 60.1 Å². The summed E-state index contributed by atoms with van der Waals surface area (Å²) in [6.07, 6.45) is 6.85. The summed E-state index contributed by atoms with van der Waals surface area (Å²) in [5, 5.41) is 13.2. The van der Waals surface area contributed by atoms with Gasteiger partial charge in [0.2, 0.25) is 0 Å². The predicted octanol–water partition coefficient (Wildman–Crippen LogP) is 13.7. The van der Waals surface area contributed by atoms with Crippen LogP contribution in [0.25, 0.3) is 54.6 Å². The second-order valence-corrected chi connectivity index (χ2v) is 22.1. The molecule has 19 heteroatoms. The number of carbonyl (C=O) groups excluding carboxylic acids is 3. The van der Waals surface area contributed by atoms with Gasteiger partial charge in [0.1, 0.15) is 17.3 Å². The van der Waals surface area contributed by atoms with E-state index in [2.05, 4.69) is 40.4 Å². The number of carbonyl (C=O) groups is 4. The van der Waals surface area contributed by atoms with Crippen LogP contribution in [0, 0.1) is 6.92 Å². The van der Waals surface area contributed by atoms with Crippen LogP contribution in [0.3, 0.4) is 0 Å². The molecule has 0 radical (unpaired) electrons. The molecule has 4 aromatic carbocycles. The Hall–Kier alpha value is -8.00. The number of aryl methyl sites for hydroxylation is 3. The molecule has 2 fully saturated rings. The largest absolute Gasteiger partial charge is 0.478 e. The lowest BCUT2D eigenvalue weighted by atomic mass is 9.99. The highest BCUT2D eigenvalue weighted by molar-refractivity contribution is 7.19. The number of pyridine rings is 2. The SMILES string of the molecule is CC1(F)CCN(C(=O)c2ccc(-c3cc(C(F)(F)F)c4sc(CCC(=O)/C=C/c5ccc(N)nc5)cc4c3)cc2)C1.Cc1cc(-c2ccc(C(=O)O)cc2)cc2cc(CCC(=O)/C=C/c3ccc(N)nc3)sc12.FC1(F)CCNC1. The molecule has 2 aliphatic heterocycles. The Morgan fingerprint density at radius 3 is 1.64 bits per heavy atom. The maximum absolute atomic E-state index is 14.2. The number of carboxylic acids is 1. The summed E-state index contributed by atoms with van der Waals surface area (Å²) >= 11 is 2.75. The highest BCUT2D eigenvalue weighted by atomic mass is 32.1. The lowest BCUT2D eigenvalue weighted by Gasteiger charge is -2.18. The third-order valence-corrected chi connectivity index (χ3v) is 15.9. The zero-order chi connectivity index (χ0) is 57.4. The van der Waals surface area contributed by atoms with Crippen LogP contribution in [-0.2, 0) is 28.6 Å². The lowest BCUT2D eigenvalue weighted by Crippen LogP contribution is -2.31. The molecule has 80 heavy (non-hydrogen) atoms. The second kappa shape index (κ2) is 25.0. The quantitative estimate of drug-likeness (QED) is 0.0604. The number of benzene rings is 4. The molecule has 0 aliphatic carbocycles. The molecular weight excluding hydrogens is 1070 g/mol. The van der Waals surface area contributed by atoms with E-state index >= 15 is 0 Å². The number of nitrogens with two attached hydrogens (primary N) is 2. The number of anilines is 2. The van der Waals surface area contributed by atoms with E-state index < -0.39 is 29.3 Å². The van der Waals surface area contributed by atoms with Crippen molar-refractivity contribution in [2.24, 2.45) is 0 Å². The Morgan fingerprint density at radius 2 is 1.20 bits per heavy atom. The normalized spacial score (nSPS) is 16.0. The maximum Gasteiger partial charge on any atom is 0.417 e. The lowest BCUT2D eigenvalue weighted by molar-refractivity contribution is -0.136. The van der Waals surface area contributed by atoms with Crippen molar-refractivity contribution in [2.45, 2.75) is 70.1 Å². The molecule has 1 atom stereocenters. The highest BCUT2D eigenvalue weighted by Gasteiger charge is 2.37. The number of carboxylic acid groups (broad SMARTS) is 1. The van der Waals surface area contributed by atoms with Gasteiger partial charge in [-0.1, -0.05) is 24.3 Å². The Bertz CT molecular complexity index is 3590. The molecule has 2 saturated heterocycles. The molecule has 6 heterocycles. The summed E-state index contributed by atoms with van der Waals surface area (Å²) < 4.78 is 81.5. The molecule has 0 saturated carbocycles. The number of fused-ring (bicyclic) bond motifs is 2. The molecule has 4 aromatic heterocycles. The van der Waals surface area contributed by atoms with Crippen molar-refractivity contribution in [1.82, 2.24) is 20.2 Å². The minimum absolute atomic E-state index is 0.00694. The summed E-state index contributed by atoms with van der Waals surface area (Å²) in [4.78, 5) is 59.8. The molecule has 0 spiro atoms. The number of aromatic nitrogens is 2. The van der Waals surface area contributed by atoms with Crippen molar-refractivity contribution in [3.8, 4) is 22.3 Å². The average Bonchev–Trinajstić information content (AvgIpc) is 4.24. The van der Waals surface area contributed by atoms with Crippen LogP contribution in [0.2, 0.25) is 0 Å². The number of amides is 1. The maximum atomic E-state index is 14.2. The number of nitrogens with one attached hydrogen (secondary N) is 1. The first-order chi connectivity index (χ1) is 38.0. The van der Waals surface area contributed by atoms with Gasteiger partial charge in [-0.2, -0.15) is 13.2 Å². The van der Waals surface area contributed by atoms with E-state index in [9.17, 15) is 45.5 Å². The van der Waals surface area contributed by atoms with Gasteiger partial charge in [-0.15, -0.1) is 22.7 Å². The van der Waals surface area contributed by atoms with Gasteiger partial charge in [0.05, 0.1) is 24.2 Å². The second-order valence-electron chi connectivity index (χ2n) is 19.8. The fourth-order valence-corrected chi connectivity index (χ4v) is 11.2. The molecule has 8 aromatic rings. The molecule has 11 nitrogen and oxygen atoms in total. The topological polar surface area (TPSA) is 182 Å². The van der Waals surface area contributed by atoms with Crippen LogP contribution in [0.4, 0.5) is 38.0 Å². The zero-order valence-corrected chi connectivity index (χ0v) is 45.2. The number of likely N-dealkylation sites (tertiary alicyclic amines) is 1. The third-order valence-electron chi connectivity index (χ3n) is 13.3. The number of nitrogens with zero attached hydrogens (tertiary/aromatic N) is 3. The zero-order valence-electron chi connectivity index (χ0n) is 43.6. The number of ketones is 2. The van der Waals surface area contributed by atoms with Crippen LogP contribution >= 0.6 is 22.7 Å². The Labute approximate surface area is 465 Å². The number of thiophene rings is 2. The monoisotopic (exact) mass is 1130 g/mol. The molecule has 1 amide bonds. The first-order valence-electron chi connectivity index (χ1n) is 25.5. The summed E-state index contributed by atoms with van der Waals surface area (Å²) in [5.74, 6) is -2.92. The first kappa shape index (κ1) is 58.2. The van der Waals surface area contributed by atoms with Crippen molar-refractivity contribution < 1.29 is 50.6 Å². The molecule has 1 unspecified atom stereocenters. The predicted molar refractivity (Wildman–Crippen MR) is 306 cm³/mol. The van der Waals surface area contributed by atoms with Crippen LogP contribution in [0.15, 0.2) is 134 Å². The van der Waals surface area contributed by atoms with Crippen molar-refractivity contribution in [1.29, 1.82) is 0 Å². The number of rotatable bonds is 14. The Morgan fingerprint density at radius 1 is 0.688 bits per heavy atom. The van der Waals surface area contributed by atoms with Crippen molar-refractivity contribution in [2.75, 3.05) is 37.6 Å². The fraction of sp³-hybridized carbons (Fsp3) is 0.246. The Balaban J connectivity index is 0.000000191. The highest BCUT2D eigenvalue weighted by Crippen LogP contribution is 2.42. The standard InChI is InChI=1S/C31H27F4N3O2S.C26H22N2O3S.C4H7F2N/c1-30(32)12-13-38(18-30)29(40)21-6-4-20(5-7-21)22-14-23-15-25(41-28(23)26(16-22)31(33,34)35)10-9-24(39)8-2-19-3-11-27(36)37-17-19;1-16-12-20(18-4-6-19(7-5-18)26(30)31)13-21-14-23(32-25(16)21)10-9-22(29)8-2-17-3-11-24(27)28-15-17;5-4(6)1-2-7-3-4/h2-8,11,14-17H,9-10,12-13,18H2,1H3,(H2,36,37);2-8,11-15H,9-10H2,1H3,(H2,27,28)(H,30,31);7H,1-3H2/b2*8-2+;. The number of allylic oxidation sites excluding steroid dienone is 2. The van der Waals surface area contributed by atoms with E-state index in [0.717, 1.165) is 49.9 Å². The molecule has 6 N–H and O–H groups in total. The summed E-state index contributed by atoms with van der Waals surface area (Å²) in [6.45, 7) is 4.21. The van der Waals surface area contributed by atoms with E-state index in [1.807, 2.05) is 18.2 Å². The minimum atomic E-state index is -4.58. The van der Waals surface area contributed by atoms with Gasteiger partial charge < -0.3 is 26.8 Å². The van der Waals surface area contributed by atoms with Crippen LogP contribution in [0.5, 0.6) is 0 Å². The molecule has 10 rings (SSSR count). The van der Waals surface area contributed by atoms with Crippen molar-refractivity contribution >= 4 is 90.1 Å². The number of alkyl halides is 6. The summed E-state index contributed by atoms with van der Waals surface area (Å²) in [6, 6.07) is 31.0. The molecule has 2 aliphatic rings. The summed E-state index contributed by atoms with van der Waals surface area (Å²) in [5.41, 5.74) is 15.2. The van der Waals surface area contributed by atoms with Gasteiger partial charge in [-0.3, -0.25) is 14.4 Å². The van der Waals surface area contributed by atoms with E-state index in [1.165, 1.54) is 22.6 Å². The van der Waals surface area contributed by atoms with E-state index in [1.54, 1.807) is 109 Å². The number of halogens is 6. The first-order valence-corrected chi connectivity index (χ1v) is 27.1. The van der Waals surface area contributed by atoms with E-state index in [0.29, 0.717) is 76.5 Å². The van der Waals surface area contributed by atoms with Crippen molar-refractivity contribution in [3.05, 3.63) is 177 Å². The van der Waals surface area contributed by atoms with Crippen molar-refractivity contribution in [3.63, 3.8) is 0 Å². The van der Waals surface area contributed by atoms with Crippen LogP contribution in [-0.4, -0.2) is 81.2 Å². The number of aromatic carboxylic acids is 1. The fourth-order valence-electron chi connectivity index (χ4n) is 8.97. The summed E-state index contributed by atoms with van der Waals surface area (Å²) in [7, 11) is 0. The van der Waals surface area contributed by atoms with Gasteiger partial charge in [0.15, 0.2) is 11.6 Å². The van der Waals surface area contributed by atoms with Gasteiger partial charge in [-0.05, 0) is 186 Å². The van der Waals surface area contributed by atoms with Gasteiger partial charge in [-0.25, -0.2) is 27.9 Å². The van der Waals surface area contributed by atoms with E-state index in [4.69, 9.17) is 16.6 Å². The van der Waals surface area contributed by atoms with Crippen LogP contribution in [0.1, 0.15) is 85.3 Å². The molecular formula is C61H56F6N6O5S2. The smallest absolute Gasteiger partial charge is 0.417 e. The van der Waals surface area contributed by atoms with Gasteiger partial charge in [0, 0.05) is 75.9 Å². The number of nitrogen functional groups attached to an aromatic ring is 2. The third kappa shape index (κ3) is 15.6. The number of hydrogen-bond acceptors (Lipinski definition) is 11. The average molecular weight is 1130 g/mol. The minimum Gasteiger partial charge on any atom is -0.478 e. The number of hydrogen-bond donors (Lipinski definition) is 4.